The molecule has 0 aliphatic carbocycles. The summed E-state index contributed by atoms with van der Waals surface area (Å²) in [6.45, 7) is 6.97. The summed E-state index contributed by atoms with van der Waals surface area (Å²) in [5.74, 6) is 0. The van der Waals surface area contributed by atoms with Crippen molar-refractivity contribution < 1.29 is 0 Å². The van der Waals surface area contributed by atoms with Gasteiger partial charge < -0.3 is 14.7 Å². The zero-order chi connectivity index (χ0) is 42.3. The first kappa shape index (κ1) is 37.4. The Bertz CT molecular complexity index is 3090. The van der Waals surface area contributed by atoms with E-state index in [0.717, 1.165) is 22.7 Å². The van der Waals surface area contributed by atoms with E-state index in [1.54, 1.807) is 0 Å². The normalized spacial score (nSPS) is 14.0. The molecular formula is C58H46BN3Si. The zero-order valence-corrected chi connectivity index (χ0v) is 36.8. The molecule has 300 valence electrons. The van der Waals surface area contributed by atoms with E-state index < -0.39 is 8.07 Å². The molecule has 0 unspecified atom stereocenters. The Morgan fingerprint density at radius 3 is 1.54 bits per heavy atom. The molecule has 3 aliphatic rings. The van der Waals surface area contributed by atoms with Gasteiger partial charge in [-0.25, -0.2) is 0 Å². The molecule has 9 aromatic carbocycles. The second kappa shape index (κ2) is 14.4. The van der Waals surface area contributed by atoms with Crippen LogP contribution in [0.1, 0.15) is 26.3 Å². The van der Waals surface area contributed by atoms with Gasteiger partial charge >= 0.3 is 0 Å². The molecule has 0 atom stereocenters. The van der Waals surface area contributed by atoms with Crippen LogP contribution in [0.15, 0.2) is 224 Å². The summed E-state index contributed by atoms with van der Waals surface area (Å²) in [5, 5.41) is 5.62. The monoisotopic (exact) mass is 823 g/mol. The van der Waals surface area contributed by atoms with Crippen molar-refractivity contribution in [2.75, 3.05) is 14.7 Å². The molecule has 3 aliphatic heterocycles. The second-order valence-electron chi connectivity index (χ2n) is 18.1. The molecule has 0 amide bonds. The van der Waals surface area contributed by atoms with Crippen LogP contribution in [0, 0.1) is 0 Å². The molecule has 0 aromatic heterocycles. The second-order valence-corrected chi connectivity index (χ2v) is 21.8. The molecule has 3 nitrogen and oxygen atoms in total. The van der Waals surface area contributed by atoms with Gasteiger partial charge in [0.1, 0.15) is 0 Å². The maximum absolute atomic E-state index is 2.89. The number of nitrogens with zero attached hydrogens (tertiary/aromatic N) is 3. The quantitative estimate of drug-likeness (QED) is 0.155. The van der Waals surface area contributed by atoms with Crippen molar-refractivity contribution in [1.29, 1.82) is 0 Å². The Morgan fingerprint density at radius 1 is 0.413 bits per heavy atom. The maximum atomic E-state index is 2.65. The molecule has 63 heavy (non-hydrogen) atoms. The van der Waals surface area contributed by atoms with Gasteiger partial charge in [-0.3, -0.25) is 0 Å². The molecule has 0 saturated carbocycles. The van der Waals surface area contributed by atoms with Gasteiger partial charge in [-0.05, 0) is 109 Å². The van der Waals surface area contributed by atoms with Crippen LogP contribution in [0.25, 0.3) is 0 Å². The fourth-order valence-corrected chi connectivity index (χ4v) is 16.1. The number of hydrogen-bond acceptors (Lipinski definition) is 3. The van der Waals surface area contributed by atoms with Gasteiger partial charge in [0.15, 0.2) is 8.07 Å². The van der Waals surface area contributed by atoms with Crippen molar-refractivity contribution in [3.05, 3.63) is 230 Å². The molecule has 0 spiro atoms. The third kappa shape index (κ3) is 5.59. The number of rotatable bonds is 6. The van der Waals surface area contributed by atoms with Gasteiger partial charge in [0.05, 0.1) is 5.69 Å². The van der Waals surface area contributed by atoms with Crippen molar-refractivity contribution in [2.24, 2.45) is 0 Å². The van der Waals surface area contributed by atoms with Gasteiger partial charge in [-0.2, -0.15) is 0 Å². The van der Waals surface area contributed by atoms with E-state index in [2.05, 4.69) is 260 Å². The van der Waals surface area contributed by atoms with E-state index in [4.69, 9.17) is 0 Å². The van der Waals surface area contributed by atoms with Gasteiger partial charge in [0.2, 0.25) is 0 Å². The van der Waals surface area contributed by atoms with E-state index in [1.165, 1.54) is 71.1 Å². The van der Waals surface area contributed by atoms with Crippen LogP contribution in [0.4, 0.5) is 51.2 Å². The van der Waals surface area contributed by atoms with Crippen molar-refractivity contribution in [3.63, 3.8) is 0 Å². The first-order chi connectivity index (χ1) is 30.9. The predicted octanol–water partition coefficient (Wildman–Crippen LogP) is 10.2. The Morgan fingerprint density at radius 2 is 0.937 bits per heavy atom. The lowest BCUT2D eigenvalue weighted by atomic mass is 9.33. The average Bonchev–Trinajstić information content (AvgIpc) is 3.33. The van der Waals surface area contributed by atoms with Crippen molar-refractivity contribution >= 4 is 103 Å². The zero-order valence-electron chi connectivity index (χ0n) is 35.8. The highest BCUT2D eigenvalue weighted by molar-refractivity contribution is 7.22. The minimum atomic E-state index is -2.89. The van der Waals surface area contributed by atoms with Crippen LogP contribution < -0.4 is 51.8 Å². The molecule has 0 radical (unpaired) electrons. The number of anilines is 9. The Kier molecular flexibility index (Phi) is 8.54. The Hall–Kier alpha value is -7.34. The standard InChI is InChI=1S/C58H46BN3Si/c1-58(2,3)41-36-37-48-51(38-41)61(44-26-13-6-14-27-44)52-39-45(60(42-22-9-4-10-23-42)43-24-11-5-12-25-43)40-53-56(52)59(48)49-32-21-35-55-57(49)62(53)50-33-19-20-34-54(50)63(55,46-28-15-7-16-29-46)47-30-17-8-18-31-47/h4-40H,1-3H3. The van der Waals surface area contributed by atoms with Crippen LogP contribution in [0.2, 0.25) is 0 Å². The number of hydrogen-bond donors (Lipinski definition) is 0. The number of fused-ring (bicyclic) bond motifs is 6. The third-order valence-corrected chi connectivity index (χ3v) is 18.5. The topological polar surface area (TPSA) is 9.72 Å². The maximum Gasteiger partial charge on any atom is 0.252 e. The minimum absolute atomic E-state index is 0.00959. The van der Waals surface area contributed by atoms with Gasteiger partial charge in [0.25, 0.3) is 6.71 Å². The highest BCUT2D eigenvalue weighted by Crippen LogP contribution is 2.49. The summed E-state index contributed by atoms with van der Waals surface area (Å²) in [5.41, 5.74) is 16.0. The van der Waals surface area contributed by atoms with Crippen LogP contribution in [-0.2, 0) is 5.41 Å². The molecule has 12 rings (SSSR count). The van der Waals surface area contributed by atoms with E-state index in [-0.39, 0.29) is 12.1 Å². The largest absolute Gasteiger partial charge is 0.312 e. The summed E-state index contributed by atoms with van der Waals surface area (Å²) in [4.78, 5) is 7.64. The lowest BCUT2D eigenvalue weighted by Gasteiger charge is -2.51. The summed E-state index contributed by atoms with van der Waals surface area (Å²) >= 11 is 0. The molecular weight excluding hydrogens is 778 g/mol. The van der Waals surface area contributed by atoms with Crippen LogP contribution in [-0.4, -0.2) is 14.8 Å². The van der Waals surface area contributed by atoms with Crippen molar-refractivity contribution in [2.45, 2.75) is 26.2 Å². The minimum Gasteiger partial charge on any atom is -0.312 e. The Balaban J connectivity index is 1.25. The molecule has 3 heterocycles. The van der Waals surface area contributed by atoms with Gasteiger partial charge in [-0.1, -0.05) is 185 Å². The SMILES string of the molecule is CC(C)(C)c1ccc2c(c1)N(c1ccccc1)c1cc(N(c3ccccc3)c3ccccc3)cc3c1B2c1cccc2c1N3c1ccccc1[Si]2(c1ccccc1)c1ccccc1. The summed E-state index contributed by atoms with van der Waals surface area (Å²) in [6, 6.07) is 84.3. The van der Waals surface area contributed by atoms with Crippen LogP contribution in [0.3, 0.4) is 0 Å². The Labute approximate surface area is 372 Å². The first-order valence-electron chi connectivity index (χ1n) is 22.1. The fourth-order valence-electron chi connectivity index (χ4n) is 10.9. The van der Waals surface area contributed by atoms with Crippen LogP contribution in [0.5, 0.6) is 0 Å². The lowest BCUT2D eigenvalue weighted by Crippen LogP contribution is -2.79. The van der Waals surface area contributed by atoms with Crippen molar-refractivity contribution in [1.82, 2.24) is 0 Å². The average molecular weight is 824 g/mol. The third-order valence-electron chi connectivity index (χ3n) is 13.6. The molecule has 0 fully saturated rings. The van der Waals surface area contributed by atoms with E-state index >= 15 is 0 Å². The number of para-hydroxylation sites is 5. The smallest absolute Gasteiger partial charge is 0.252 e. The first-order valence-corrected chi connectivity index (χ1v) is 24.1. The van der Waals surface area contributed by atoms with E-state index in [0.29, 0.717) is 0 Å². The van der Waals surface area contributed by atoms with Crippen molar-refractivity contribution in [3.8, 4) is 0 Å². The summed E-state index contributed by atoms with van der Waals surface area (Å²) in [6.07, 6.45) is 0. The highest BCUT2D eigenvalue weighted by atomic mass is 28.3. The summed E-state index contributed by atoms with van der Waals surface area (Å²) < 4.78 is 0. The van der Waals surface area contributed by atoms with Crippen LogP contribution >= 0.6 is 0 Å². The highest BCUT2D eigenvalue weighted by Gasteiger charge is 2.53. The van der Waals surface area contributed by atoms with E-state index in [9.17, 15) is 0 Å². The van der Waals surface area contributed by atoms with Gasteiger partial charge in [-0.15, -0.1) is 0 Å². The lowest BCUT2D eigenvalue weighted by molar-refractivity contribution is 0.590. The van der Waals surface area contributed by atoms with Gasteiger partial charge in [0, 0.05) is 45.5 Å². The molecule has 5 heteroatoms. The molecule has 0 N–H and O–H groups in total. The fraction of sp³-hybridized carbons (Fsp3) is 0.0690. The van der Waals surface area contributed by atoms with E-state index in [1.807, 2.05) is 0 Å². The number of benzene rings is 9. The summed E-state index contributed by atoms with van der Waals surface area (Å²) in [7, 11) is -2.89. The molecule has 9 aromatic rings. The predicted molar refractivity (Wildman–Crippen MR) is 271 cm³/mol. The molecule has 0 bridgehead atoms. The molecule has 0 saturated heterocycles.